The predicted octanol–water partition coefficient (Wildman–Crippen LogP) is 2.66. The molecule has 1 heterocycles. The van der Waals surface area contributed by atoms with Gasteiger partial charge in [-0.2, -0.15) is 11.8 Å². The maximum atomic E-state index is 12.0. The van der Waals surface area contributed by atoms with E-state index in [0.717, 1.165) is 12.2 Å². The number of amides is 2. The Morgan fingerprint density at radius 3 is 2.90 bits per heavy atom. The van der Waals surface area contributed by atoms with Crippen LogP contribution in [-0.2, 0) is 4.79 Å². The van der Waals surface area contributed by atoms with Crippen molar-refractivity contribution in [2.75, 3.05) is 12.3 Å². The van der Waals surface area contributed by atoms with Gasteiger partial charge in [0.2, 0.25) is 5.91 Å². The molecule has 0 spiro atoms. The lowest BCUT2D eigenvalue weighted by Gasteiger charge is -2.31. The molecule has 0 unspecified atom stereocenters. The second-order valence-electron chi connectivity index (χ2n) is 5.11. The molecule has 2 N–H and O–H groups in total. The number of hydrogen-bond donors (Lipinski definition) is 2. The maximum absolute atomic E-state index is 12.0. The Labute approximate surface area is 134 Å². The molecule has 1 aliphatic carbocycles. The highest BCUT2D eigenvalue weighted by Gasteiger charge is 2.26. The van der Waals surface area contributed by atoms with E-state index >= 15 is 0 Å². The smallest absolute Gasteiger partial charge is 0.261 e. The molecule has 116 valence electrons. The van der Waals surface area contributed by atoms with E-state index < -0.39 is 0 Å². The van der Waals surface area contributed by atoms with E-state index in [1.807, 2.05) is 23.2 Å². The summed E-state index contributed by atoms with van der Waals surface area (Å²) < 4.78 is 0. The Bertz CT molecular complexity index is 460. The van der Waals surface area contributed by atoms with Crippen molar-refractivity contribution in [2.24, 2.45) is 0 Å². The highest BCUT2D eigenvalue weighted by molar-refractivity contribution is 7.99. The summed E-state index contributed by atoms with van der Waals surface area (Å²) in [5, 5.41) is 8.12. The van der Waals surface area contributed by atoms with E-state index in [4.69, 9.17) is 0 Å². The van der Waals surface area contributed by atoms with Gasteiger partial charge >= 0.3 is 0 Å². The molecule has 0 bridgehead atoms. The molecule has 1 aliphatic rings. The SMILES string of the molecule is CCS[C@@H]1CCCC[C@H]1NC(=O)CNC(=O)c1cccs1. The van der Waals surface area contributed by atoms with Crippen LogP contribution in [0, 0.1) is 0 Å². The third kappa shape index (κ3) is 5.04. The molecule has 0 aromatic carbocycles. The Kier molecular flexibility index (Phi) is 6.57. The molecular formula is C15H22N2O2S2. The maximum Gasteiger partial charge on any atom is 0.261 e. The van der Waals surface area contributed by atoms with Gasteiger partial charge in [-0.05, 0) is 30.0 Å². The van der Waals surface area contributed by atoms with Gasteiger partial charge in [0.05, 0.1) is 11.4 Å². The number of thiophene rings is 1. The average molecular weight is 326 g/mol. The van der Waals surface area contributed by atoms with Crippen molar-refractivity contribution < 1.29 is 9.59 Å². The number of carbonyl (C=O) groups excluding carboxylic acids is 2. The summed E-state index contributed by atoms with van der Waals surface area (Å²) in [6.07, 6.45) is 4.64. The van der Waals surface area contributed by atoms with Gasteiger partial charge in [0.1, 0.15) is 0 Å². The Hall–Kier alpha value is -1.01. The zero-order valence-electron chi connectivity index (χ0n) is 12.3. The molecule has 0 radical (unpaired) electrons. The van der Waals surface area contributed by atoms with Gasteiger partial charge in [0.15, 0.2) is 0 Å². The molecule has 2 amide bonds. The molecule has 0 saturated heterocycles. The van der Waals surface area contributed by atoms with Gasteiger partial charge < -0.3 is 10.6 Å². The van der Waals surface area contributed by atoms with Crippen molar-refractivity contribution in [3.05, 3.63) is 22.4 Å². The first-order chi connectivity index (χ1) is 10.2. The highest BCUT2D eigenvalue weighted by Crippen LogP contribution is 2.28. The van der Waals surface area contributed by atoms with Crippen LogP contribution in [0.15, 0.2) is 17.5 Å². The average Bonchev–Trinajstić information content (AvgIpc) is 3.01. The lowest BCUT2D eigenvalue weighted by molar-refractivity contribution is -0.121. The van der Waals surface area contributed by atoms with Crippen molar-refractivity contribution in [2.45, 2.75) is 43.9 Å². The Morgan fingerprint density at radius 1 is 1.38 bits per heavy atom. The zero-order valence-corrected chi connectivity index (χ0v) is 13.9. The summed E-state index contributed by atoms with van der Waals surface area (Å²) in [6.45, 7) is 2.20. The molecule has 1 aromatic heterocycles. The van der Waals surface area contributed by atoms with E-state index in [2.05, 4.69) is 17.6 Å². The van der Waals surface area contributed by atoms with Gasteiger partial charge in [-0.15, -0.1) is 11.3 Å². The molecule has 1 aromatic rings. The first-order valence-corrected chi connectivity index (χ1v) is 9.36. The second kappa shape index (κ2) is 8.44. The minimum absolute atomic E-state index is 0.0523. The third-order valence-electron chi connectivity index (χ3n) is 3.58. The van der Waals surface area contributed by atoms with Gasteiger partial charge in [0.25, 0.3) is 5.91 Å². The van der Waals surface area contributed by atoms with Crippen molar-refractivity contribution in [1.29, 1.82) is 0 Å². The fourth-order valence-corrected chi connectivity index (χ4v) is 4.43. The molecule has 6 heteroatoms. The fourth-order valence-electron chi connectivity index (χ4n) is 2.59. The van der Waals surface area contributed by atoms with Crippen molar-refractivity contribution in [3.8, 4) is 0 Å². The van der Waals surface area contributed by atoms with Crippen LogP contribution in [0.4, 0.5) is 0 Å². The molecule has 4 nitrogen and oxygen atoms in total. The number of hydrogen-bond acceptors (Lipinski definition) is 4. The third-order valence-corrected chi connectivity index (χ3v) is 5.78. The van der Waals surface area contributed by atoms with Gasteiger partial charge in [-0.3, -0.25) is 9.59 Å². The summed E-state index contributed by atoms with van der Waals surface area (Å²) in [7, 11) is 0. The lowest BCUT2D eigenvalue weighted by atomic mass is 9.95. The summed E-state index contributed by atoms with van der Waals surface area (Å²) >= 11 is 3.30. The van der Waals surface area contributed by atoms with Gasteiger partial charge in [-0.25, -0.2) is 0 Å². The summed E-state index contributed by atoms with van der Waals surface area (Å²) in [4.78, 5) is 24.4. The molecule has 21 heavy (non-hydrogen) atoms. The molecular weight excluding hydrogens is 304 g/mol. The minimum Gasteiger partial charge on any atom is -0.351 e. The first kappa shape index (κ1) is 16.4. The highest BCUT2D eigenvalue weighted by atomic mass is 32.2. The van der Waals surface area contributed by atoms with Crippen LogP contribution in [0.2, 0.25) is 0 Å². The van der Waals surface area contributed by atoms with Crippen LogP contribution >= 0.6 is 23.1 Å². The summed E-state index contributed by atoms with van der Waals surface area (Å²) in [5.74, 6) is 0.809. The molecule has 2 rings (SSSR count). The number of carbonyl (C=O) groups is 2. The largest absolute Gasteiger partial charge is 0.351 e. The zero-order chi connectivity index (χ0) is 15.1. The number of rotatable bonds is 6. The van der Waals surface area contributed by atoms with E-state index in [-0.39, 0.29) is 24.4 Å². The number of nitrogens with one attached hydrogen (secondary N) is 2. The van der Waals surface area contributed by atoms with Gasteiger partial charge in [-0.1, -0.05) is 25.8 Å². The van der Waals surface area contributed by atoms with E-state index in [1.54, 1.807) is 6.07 Å². The van der Waals surface area contributed by atoms with Crippen LogP contribution in [-0.4, -0.2) is 35.4 Å². The fraction of sp³-hybridized carbons (Fsp3) is 0.600. The predicted molar refractivity (Wildman–Crippen MR) is 89.0 cm³/mol. The van der Waals surface area contributed by atoms with Crippen LogP contribution < -0.4 is 10.6 Å². The summed E-state index contributed by atoms with van der Waals surface area (Å²) in [6, 6.07) is 3.83. The Morgan fingerprint density at radius 2 is 2.19 bits per heavy atom. The molecule has 2 atom stereocenters. The number of thioether (sulfide) groups is 1. The van der Waals surface area contributed by atoms with E-state index in [1.165, 1.54) is 30.6 Å². The van der Waals surface area contributed by atoms with Crippen LogP contribution in [0.25, 0.3) is 0 Å². The van der Waals surface area contributed by atoms with E-state index in [9.17, 15) is 9.59 Å². The summed E-state index contributed by atoms with van der Waals surface area (Å²) in [5.41, 5.74) is 0. The standard InChI is InChI=1S/C15H22N2O2S2/c1-2-20-12-7-4-3-6-11(12)17-14(18)10-16-15(19)13-8-5-9-21-13/h5,8-9,11-12H,2-4,6-7,10H2,1H3,(H,16,19)(H,17,18)/t11-,12-/m1/s1. The monoisotopic (exact) mass is 326 g/mol. The second-order valence-corrected chi connectivity index (χ2v) is 7.58. The van der Waals surface area contributed by atoms with Crippen molar-refractivity contribution >= 4 is 34.9 Å². The Balaban J connectivity index is 1.76. The quantitative estimate of drug-likeness (QED) is 0.845. The molecule has 1 saturated carbocycles. The molecule has 0 aliphatic heterocycles. The normalized spacial score (nSPS) is 21.8. The lowest BCUT2D eigenvalue weighted by Crippen LogP contribution is -2.47. The van der Waals surface area contributed by atoms with Crippen molar-refractivity contribution in [3.63, 3.8) is 0 Å². The first-order valence-electron chi connectivity index (χ1n) is 7.43. The topological polar surface area (TPSA) is 58.2 Å². The van der Waals surface area contributed by atoms with Gasteiger partial charge in [0, 0.05) is 11.3 Å². The minimum atomic E-state index is -0.178. The van der Waals surface area contributed by atoms with Crippen LogP contribution in [0.5, 0.6) is 0 Å². The van der Waals surface area contributed by atoms with Crippen LogP contribution in [0.1, 0.15) is 42.3 Å². The van der Waals surface area contributed by atoms with E-state index in [0.29, 0.717) is 10.1 Å². The molecule has 1 fully saturated rings. The van der Waals surface area contributed by atoms with Crippen LogP contribution in [0.3, 0.4) is 0 Å². The van der Waals surface area contributed by atoms with Crippen molar-refractivity contribution in [1.82, 2.24) is 10.6 Å².